The molecule has 1 aliphatic carbocycles. The maximum Gasteiger partial charge on any atom is 0.137 e. The quantitative estimate of drug-likeness (QED) is 0.109. The smallest absolute Gasteiger partial charge is 0.137 e. The van der Waals surface area contributed by atoms with E-state index in [1.807, 2.05) is 12.1 Å². The van der Waals surface area contributed by atoms with Gasteiger partial charge in [-0.2, -0.15) is 0 Å². The van der Waals surface area contributed by atoms with Crippen LogP contribution in [0.25, 0.3) is 176 Å². The molecule has 7 nitrogen and oxygen atoms in total. The molecule has 1 atom stereocenters. The first-order chi connectivity index (χ1) is 58.4. The van der Waals surface area contributed by atoms with E-state index in [0.717, 1.165) is 162 Å². The summed E-state index contributed by atoms with van der Waals surface area (Å²) >= 11 is 0. The van der Waals surface area contributed by atoms with Crippen LogP contribution in [0.3, 0.4) is 0 Å². The zero-order chi connectivity index (χ0) is 77.7. The van der Waals surface area contributed by atoms with Crippen LogP contribution in [0, 0.1) is 0 Å². The van der Waals surface area contributed by atoms with Crippen molar-refractivity contribution in [2.24, 2.45) is 0 Å². The molecule has 1 unspecified atom stereocenters. The molecule has 0 spiro atoms. The van der Waals surface area contributed by atoms with Crippen molar-refractivity contribution < 1.29 is 13.3 Å². The molecule has 118 heavy (non-hydrogen) atoms. The number of para-hydroxylation sites is 5. The van der Waals surface area contributed by atoms with E-state index in [4.69, 9.17) is 13.3 Å². The molecule has 0 bridgehead atoms. The van der Waals surface area contributed by atoms with Crippen molar-refractivity contribution in [1.29, 1.82) is 0 Å². The van der Waals surface area contributed by atoms with Crippen molar-refractivity contribution >= 4 is 144 Å². The molecule has 24 rings (SSSR count). The van der Waals surface area contributed by atoms with Crippen LogP contribution < -0.4 is 9.80 Å². The maximum atomic E-state index is 7.02. The molecule has 554 valence electrons. The molecule has 1 aliphatic rings. The Morgan fingerprint density at radius 3 is 1.38 bits per heavy atom. The number of fused-ring (bicyclic) bond motifs is 18. The Morgan fingerprint density at radius 1 is 0.254 bits per heavy atom. The molecular formula is C111H72N4O3. The molecule has 5 heterocycles. The second-order valence-corrected chi connectivity index (χ2v) is 31.6. The minimum Gasteiger partial charge on any atom is -0.456 e. The third kappa shape index (κ3) is 10.5. The van der Waals surface area contributed by atoms with Gasteiger partial charge in [0.05, 0.1) is 49.9 Å². The average Bonchev–Trinajstić information content (AvgIpc) is 1.56. The molecule has 23 aromatic rings. The van der Waals surface area contributed by atoms with E-state index in [2.05, 4.69) is 420 Å². The summed E-state index contributed by atoms with van der Waals surface area (Å²) in [4.78, 5) is 4.88. The summed E-state index contributed by atoms with van der Waals surface area (Å²) in [6.07, 6.45) is 0.744. The molecule has 0 fully saturated rings. The fourth-order valence-corrected chi connectivity index (χ4v) is 19.6. The zero-order valence-electron chi connectivity index (χ0n) is 64.4. The third-order valence-electron chi connectivity index (χ3n) is 24.9. The van der Waals surface area contributed by atoms with Crippen molar-refractivity contribution in [3.05, 3.63) is 423 Å². The number of nitrogens with zero attached hydrogens (tertiary/aromatic N) is 4. The lowest BCUT2D eigenvalue weighted by molar-refractivity contribution is 0.583. The van der Waals surface area contributed by atoms with Gasteiger partial charge in [-0.05, 0) is 225 Å². The molecular weight excluding hydrogens is 1440 g/mol. The van der Waals surface area contributed by atoms with E-state index in [9.17, 15) is 0 Å². The van der Waals surface area contributed by atoms with Crippen molar-refractivity contribution in [3.63, 3.8) is 0 Å². The Hall–Kier alpha value is -15.4. The van der Waals surface area contributed by atoms with Crippen molar-refractivity contribution in [2.75, 3.05) is 9.80 Å². The van der Waals surface area contributed by atoms with Crippen LogP contribution in [-0.2, 0) is 11.8 Å². The molecule has 0 N–H and O–H groups in total. The van der Waals surface area contributed by atoms with E-state index in [0.29, 0.717) is 0 Å². The standard InChI is InChI=1S/C111H72N4O3/c1-111(93-37-17-14-34-87(93)107-94(111)38-21-40-98(107)114(81-56-49-74(50-57-81)72-26-8-3-9-27-72)100-42-23-45-106-109(100)92-67-77(53-62-104(92)118-106)83-35-20-36-86-84-32-15-18-39-95(84)115(110(83)86)79-30-12-5-13-31-79)69-70-46-59-96-88(64-70)89-65-75(51-60-97(89)113(96)78-28-10-4-11-29-78)76-52-61-103-91(66-76)108-99(41-22-44-105(108)117-103)112(80-54-47-73(48-55-80)71-24-6-2-7-25-71)82-58-63-102-90(68-82)85-33-16-19-43-101(85)116-102/h2-68H,69H2,1H3. The van der Waals surface area contributed by atoms with Crippen LogP contribution in [0.15, 0.2) is 420 Å². The van der Waals surface area contributed by atoms with Gasteiger partial charge in [0.1, 0.15) is 33.5 Å². The molecule has 0 saturated heterocycles. The third-order valence-corrected chi connectivity index (χ3v) is 24.9. The monoisotopic (exact) mass is 1510 g/mol. The minimum atomic E-state index is -0.461. The predicted molar refractivity (Wildman–Crippen MR) is 490 cm³/mol. The van der Waals surface area contributed by atoms with Crippen LogP contribution in [0.5, 0.6) is 0 Å². The number of hydrogen-bond donors (Lipinski definition) is 0. The number of anilines is 6. The summed E-state index contributed by atoms with van der Waals surface area (Å²) < 4.78 is 25.2. The van der Waals surface area contributed by atoms with Gasteiger partial charge in [-0.25, -0.2) is 0 Å². The van der Waals surface area contributed by atoms with Gasteiger partial charge in [-0.3, -0.25) is 0 Å². The number of rotatable bonds is 14. The maximum absolute atomic E-state index is 7.02. The first kappa shape index (κ1) is 67.1. The first-order valence-electron chi connectivity index (χ1n) is 40.5. The topological polar surface area (TPSA) is 55.8 Å². The van der Waals surface area contributed by atoms with Crippen LogP contribution >= 0.6 is 0 Å². The Kier molecular flexibility index (Phi) is 15.1. The molecule has 0 amide bonds. The van der Waals surface area contributed by atoms with Crippen molar-refractivity contribution in [2.45, 2.75) is 18.8 Å². The summed E-state index contributed by atoms with van der Waals surface area (Å²) in [5, 5.41) is 11.1. The summed E-state index contributed by atoms with van der Waals surface area (Å²) in [6.45, 7) is 2.47. The van der Waals surface area contributed by atoms with E-state index in [1.54, 1.807) is 0 Å². The SMILES string of the molecule is CC1(Cc2ccc3c(c2)c2cc(-c4ccc5oc6cccc(N(c7ccc(-c8ccccc8)cc7)c7ccc8oc9ccccc9c8c7)c6c5c4)ccc2n3-c2ccccc2)c2ccccc2-c2c(N(c3ccc(-c4ccccc4)cc3)c3cccc4oc5ccc(-c6cccc7c8ccccc8n(-c8ccccc8)c67)cc5c34)cccc21. The lowest BCUT2D eigenvalue weighted by atomic mass is 9.75. The lowest BCUT2D eigenvalue weighted by Crippen LogP contribution is -2.24. The van der Waals surface area contributed by atoms with Gasteiger partial charge in [0.15, 0.2) is 0 Å². The fourth-order valence-electron chi connectivity index (χ4n) is 19.6. The predicted octanol–water partition coefficient (Wildman–Crippen LogP) is 30.7. The van der Waals surface area contributed by atoms with Crippen LogP contribution in [0.4, 0.5) is 34.1 Å². The fraction of sp³-hybridized carbons (Fsp3) is 0.0270. The normalized spacial score (nSPS) is 13.4. The summed E-state index contributed by atoms with van der Waals surface area (Å²) in [5.74, 6) is 0. The van der Waals surface area contributed by atoms with Gasteiger partial charge in [-0.15, -0.1) is 0 Å². The van der Waals surface area contributed by atoms with Crippen LogP contribution in [0.1, 0.15) is 23.6 Å². The molecule has 5 aromatic heterocycles. The van der Waals surface area contributed by atoms with Gasteiger partial charge in [-0.1, -0.05) is 256 Å². The van der Waals surface area contributed by atoms with Gasteiger partial charge in [0.25, 0.3) is 0 Å². The van der Waals surface area contributed by atoms with E-state index in [1.165, 1.54) is 71.5 Å². The Morgan fingerprint density at radius 2 is 0.686 bits per heavy atom. The Labute approximate surface area is 680 Å². The van der Waals surface area contributed by atoms with Gasteiger partial charge >= 0.3 is 0 Å². The average molecular weight is 1510 g/mol. The number of furan rings is 3. The highest BCUT2D eigenvalue weighted by atomic mass is 16.3. The number of aromatic nitrogens is 2. The molecule has 7 heteroatoms. The highest BCUT2D eigenvalue weighted by Gasteiger charge is 2.42. The number of hydrogen-bond acceptors (Lipinski definition) is 5. The molecule has 0 aliphatic heterocycles. The first-order valence-corrected chi connectivity index (χ1v) is 40.5. The second-order valence-electron chi connectivity index (χ2n) is 31.6. The molecule has 0 saturated carbocycles. The van der Waals surface area contributed by atoms with E-state index in [-0.39, 0.29) is 0 Å². The van der Waals surface area contributed by atoms with Gasteiger partial charge in [0.2, 0.25) is 0 Å². The van der Waals surface area contributed by atoms with E-state index >= 15 is 0 Å². The second kappa shape index (κ2) is 26.6. The summed E-state index contributed by atoms with van der Waals surface area (Å²) in [7, 11) is 0. The highest BCUT2D eigenvalue weighted by Crippen LogP contribution is 2.58. The van der Waals surface area contributed by atoms with Crippen molar-refractivity contribution in [3.8, 4) is 67.0 Å². The molecule has 18 aromatic carbocycles. The van der Waals surface area contributed by atoms with Crippen molar-refractivity contribution in [1.82, 2.24) is 9.13 Å². The lowest BCUT2D eigenvalue weighted by Gasteiger charge is -2.30. The van der Waals surface area contributed by atoms with Gasteiger partial charge < -0.3 is 32.2 Å². The Balaban J connectivity index is 0.643. The van der Waals surface area contributed by atoms with Crippen LogP contribution in [-0.4, -0.2) is 9.13 Å². The largest absolute Gasteiger partial charge is 0.456 e. The minimum absolute atomic E-state index is 0.461. The van der Waals surface area contributed by atoms with Crippen LogP contribution in [0.2, 0.25) is 0 Å². The highest BCUT2D eigenvalue weighted by molar-refractivity contribution is 6.20. The zero-order valence-corrected chi connectivity index (χ0v) is 64.4. The molecule has 0 radical (unpaired) electrons. The van der Waals surface area contributed by atoms with E-state index < -0.39 is 5.41 Å². The summed E-state index contributed by atoms with van der Waals surface area (Å²) in [5.41, 5.74) is 33.0. The Bertz CT molecular complexity index is 7970. The van der Waals surface area contributed by atoms with Gasteiger partial charge in [0, 0.05) is 88.1 Å². The summed E-state index contributed by atoms with van der Waals surface area (Å²) in [6, 6.07) is 148. The number of benzene rings is 18.